The van der Waals surface area contributed by atoms with E-state index in [0.717, 1.165) is 22.3 Å². The number of aromatic nitrogens is 1. The molecular weight excluding hydrogens is 267 g/mol. The van der Waals surface area contributed by atoms with E-state index in [4.69, 9.17) is 4.74 Å². The van der Waals surface area contributed by atoms with Crippen molar-refractivity contribution in [2.45, 2.75) is 0 Å². The summed E-state index contributed by atoms with van der Waals surface area (Å²) in [7, 11) is 3.29. The molecule has 106 valence electrons. The molecule has 0 aliphatic carbocycles. The molecule has 0 saturated heterocycles. The minimum absolute atomic E-state index is 0.216. The van der Waals surface area contributed by atoms with Gasteiger partial charge in [0.2, 0.25) is 0 Å². The van der Waals surface area contributed by atoms with Crippen LogP contribution in [0, 0.1) is 5.82 Å². The van der Waals surface area contributed by atoms with E-state index in [-0.39, 0.29) is 5.75 Å². The van der Waals surface area contributed by atoms with Crippen LogP contribution in [0.1, 0.15) is 0 Å². The second-order valence-electron chi connectivity index (χ2n) is 4.67. The number of ether oxygens (including phenoxy) is 1. The summed E-state index contributed by atoms with van der Waals surface area (Å²) in [6, 6.07) is 14.8. The van der Waals surface area contributed by atoms with Gasteiger partial charge in [-0.1, -0.05) is 30.3 Å². The lowest BCUT2D eigenvalue weighted by molar-refractivity contribution is 0.387. The number of nitrogens with zero attached hydrogens (tertiary/aromatic N) is 1. The fraction of sp³-hybridized carbons (Fsp3) is 0.118. The lowest BCUT2D eigenvalue weighted by atomic mass is 10.1. The Labute approximate surface area is 122 Å². The van der Waals surface area contributed by atoms with Crippen molar-refractivity contribution < 1.29 is 9.13 Å². The molecular formula is C17H15FN2O. The van der Waals surface area contributed by atoms with E-state index in [9.17, 15) is 4.39 Å². The number of pyridine rings is 1. The van der Waals surface area contributed by atoms with Crippen molar-refractivity contribution in [3.8, 4) is 17.0 Å². The third-order valence-electron chi connectivity index (χ3n) is 3.42. The van der Waals surface area contributed by atoms with Crippen LogP contribution in [0.25, 0.3) is 22.2 Å². The van der Waals surface area contributed by atoms with Crippen molar-refractivity contribution in [1.29, 1.82) is 0 Å². The van der Waals surface area contributed by atoms with Gasteiger partial charge < -0.3 is 10.1 Å². The highest BCUT2D eigenvalue weighted by Gasteiger charge is 2.11. The number of nitrogens with one attached hydrogen (secondary N) is 1. The maximum Gasteiger partial charge on any atom is 0.167 e. The predicted octanol–water partition coefficient (Wildman–Crippen LogP) is 4.09. The van der Waals surface area contributed by atoms with Gasteiger partial charge in [0.25, 0.3) is 0 Å². The second-order valence-corrected chi connectivity index (χ2v) is 4.67. The Balaban J connectivity index is 2.27. The van der Waals surface area contributed by atoms with Crippen molar-refractivity contribution >= 4 is 16.6 Å². The predicted molar refractivity (Wildman–Crippen MR) is 83.2 cm³/mol. The Kier molecular flexibility index (Phi) is 3.44. The largest absolute Gasteiger partial charge is 0.494 e. The lowest BCUT2D eigenvalue weighted by Gasteiger charge is -2.11. The van der Waals surface area contributed by atoms with Crippen molar-refractivity contribution in [2.24, 2.45) is 0 Å². The molecule has 0 bridgehead atoms. The summed E-state index contributed by atoms with van der Waals surface area (Å²) in [5.41, 5.74) is 3.28. The van der Waals surface area contributed by atoms with Gasteiger partial charge in [0.05, 0.1) is 18.3 Å². The van der Waals surface area contributed by atoms with Gasteiger partial charge in [0, 0.05) is 29.8 Å². The summed E-state index contributed by atoms with van der Waals surface area (Å²) in [4.78, 5) is 4.55. The van der Waals surface area contributed by atoms with E-state index in [0.29, 0.717) is 5.52 Å². The van der Waals surface area contributed by atoms with Crippen molar-refractivity contribution in [3.05, 3.63) is 54.3 Å². The van der Waals surface area contributed by atoms with E-state index in [1.807, 2.05) is 43.4 Å². The van der Waals surface area contributed by atoms with Gasteiger partial charge in [0.1, 0.15) is 0 Å². The minimum Gasteiger partial charge on any atom is -0.494 e. The van der Waals surface area contributed by atoms with Crippen molar-refractivity contribution in [3.63, 3.8) is 0 Å². The summed E-state index contributed by atoms with van der Waals surface area (Å²) in [5, 5.41) is 3.96. The van der Waals surface area contributed by atoms with Crippen LogP contribution < -0.4 is 10.1 Å². The number of hydrogen-bond donors (Lipinski definition) is 1. The number of methoxy groups -OCH3 is 1. The molecule has 0 unspecified atom stereocenters. The maximum absolute atomic E-state index is 13.9. The molecule has 1 N–H and O–H groups in total. The smallest absolute Gasteiger partial charge is 0.167 e. The molecule has 3 rings (SSSR count). The molecule has 0 aliphatic heterocycles. The Morgan fingerprint density at radius 3 is 2.52 bits per heavy atom. The summed E-state index contributed by atoms with van der Waals surface area (Å²) in [6.45, 7) is 0. The van der Waals surface area contributed by atoms with Crippen LogP contribution >= 0.6 is 0 Å². The number of fused-ring (bicyclic) bond motifs is 1. The SMILES string of the molecule is CNc1cc(-c2ccccc2)nc2cc(F)c(OC)cc12. The summed E-state index contributed by atoms with van der Waals surface area (Å²) < 4.78 is 18.9. The normalized spacial score (nSPS) is 10.6. The molecule has 0 radical (unpaired) electrons. The number of halogens is 1. The molecule has 2 aromatic carbocycles. The van der Waals surface area contributed by atoms with E-state index >= 15 is 0 Å². The first-order valence-electron chi connectivity index (χ1n) is 6.64. The standard InChI is InChI=1S/C17H15FN2O/c1-19-15-10-14(11-6-4-3-5-7-11)20-16-9-13(18)17(21-2)8-12(15)16/h3-10H,1-2H3,(H,19,20). The molecule has 0 fully saturated rings. The fourth-order valence-electron chi connectivity index (χ4n) is 2.35. The minimum atomic E-state index is -0.412. The van der Waals surface area contributed by atoms with Gasteiger partial charge in [-0.2, -0.15) is 0 Å². The maximum atomic E-state index is 13.9. The van der Waals surface area contributed by atoms with Crippen LogP contribution in [-0.2, 0) is 0 Å². The van der Waals surface area contributed by atoms with Gasteiger partial charge in [-0.15, -0.1) is 0 Å². The van der Waals surface area contributed by atoms with E-state index in [1.165, 1.54) is 13.2 Å². The van der Waals surface area contributed by atoms with Gasteiger partial charge in [-0.3, -0.25) is 0 Å². The van der Waals surface area contributed by atoms with E-state index in [2.05, 4.69) is 10.3 Å². The van der Waals surface area contributed by atoms with E-state index in [1.54, 1.807) is 6.07 Å². The molecule has 0 aliphatic rings. The molecule has 1 aromatic heterocycles. The lowest BCUT2D eigenvalue weighted by Crippen LogP contribution is -1.96. The zero-order valence-corrected chi connectivity index (χ0v) is 11.9. The number of rotatable bonds is 3. The first kappa shape index (κ1) is 13.4. The monoisotopic (exact) mass is 282 g/mol. The van der Waals surface area contributed by atoms with Crippen LogP contribution in [0.3, 0.4) is 0 Å². The molecule has 0 amide bonds. The molecule has 21 heavy (non-hydrogen) atoms. The summed E-state index contributed by atoms with van der Waals surface area (Å²) >= 11 is 0. The van der Waals surface area contributed by atoms with Crippen LogP contribution in [0.4, 0.5) is 10.1 Å². The Morgan fingerprint density at radius 2 is 1.86 bits per heavy atom. The molecule has 4 heteroatoms. The molecule has 3 aromatic rings. The first-order valence-corrected chi connectivity index (χ1v) is 6.64. The fourth-order valence-corrected chi connectivity index (χ4v) is 2.35. The number of hydrogen-bond acceptors (Lipinski definition) is 3. The van der Waals surface area contributed by atoms with Crippen LogP contribution in [0.5, 0.6) is 5.75 Å². The Bertz CT molecular complexity index is 788. The van der Waals surface area contributed by atoms with Gasteiger partial charge >= 0.3 is 0 Å². The van der Waals surface area contributed by atoms with Gasteiger partial charge in [-0.25, -0.2) is 9.37 Å². The second kappa shape index (κ2) is 5.40. The molecule has 0 atom stereocenters. The number of benzene rings is 2. The quantitative estimate of drug-likeness (QED) is 0.785. The number of anilines is 1. The van der Waals surface area contributed by atoms with Gasteiger partial charge in [-0.05, 0) is 12.1 Å². The van der Waals surface area contributed by atoms with Crippen molar-refractivity contribution in [1.82, 2.24) is 4.98 Å². The zero-order valence-electron chi connectivity index (χ0n) is 11.9. The summed E-state index contributed by atoms with van der Waals surface area (Å²) in [6.07, 6.45) is 0. The topological polar surface area (TPSA) is 34.2 Å². The highest BCUT2D eigenvalue weighted by molar-refractivity contribution is 5.94. The van der Waals surface area contributed by atoms with Crippen LogP contribution in [0.15, 0.2) is 48.5 Å². The third kappa shape index (κ3) is 2.40. The van der Waals surface area contributed by atoms with Crippen molar-refractivity contribution in [2.75, 3.05) is 19.5 Å². The summed E-state index contributed by atoms with van der Waals surface area (Å²) in [5.74, 6) is -0.196. The molecule has 0 spiro atoms. The van der Waals surface area contributed by atoms with Crippen LogP contribution in [0.2, 0.25) is 0 Å². The highest BCUT2D eigenvalue weighted by Crippen LogP contribution is 2.32. The Morgan fingerprint density at radius 1 is 1.10 bits per heavy atom. The average molecular weight is 282 g/mol. The average Bonchev–Trinajstić information content (AvgIpc) is 2.53. The van der Waals surface area contributed by atoms with Gasteiger partial charge in [0.15, 0.2) is 11.6 Å². The highest BCUT2D eigenvalue weighted by atomic mass is 19.1. The zero-order chi connectivity index (χ0) is 14.8. The molecule has 0 saturated carbocycles. The van der Waals surface area contributed by atoms with E-state index < -0.39 is 5.82 Å². The van der Waals surface area contributed by atoms with Crippen LogP contribution in [-0.4, -0.2) is 19.1 Å². The molecule has 3 nitrogen and oxygen atoms in total. The first-order chi connectivity index (χ1) is 10.2. The third-order valence-corrected chi connectivity index (χ3v) is 3.42. The Hall–Kier alpha value is -2.62. The molecule has 1 heterocycles.